The van der Waals surface area contributed by atoms with Crippen LogP contribution in [0.4, 0.5) is 35.1 Å². The predicted octanol–water partition coefficient (Wildman–Crippen LogP) is 3.42. The van der Waals surface area contributed by atoms with E-state index in [1.165, 1.54) is 6.92 Å². The SMILES string of the molecule is [2H]C([2H])([2H])n1c(C)cn2c(=O)c(-c3cnn(CC(F)(F)C(F)(F)F)c3)c(C(F)(F)F)nc12. The van der Waals surface area contributed by atoms with Crippen molar-refractivity contribution in [2.45, 2.75) is 31.7 Å². The highest BCUT2D eigenvalue weighted by Crippen LogP contribution is 2.37. The number of nitrogens with zero attached hydrogens (tertiary/aromatic N) is 5. The lowest BCUT2D eigenvalue weighted by Gasteiger charge is -2.19. The van der Waals surface area contributed by atoms with Gasteiger partial charge < -0.3 is 4.57 Å². The number of aromatic nitrogens is 5. The van der Waals surface area contributed by atoms with Crippen LogP contribution >= 0.6 is 0 Å². The maximum absolute atomic E-state index is 13.7. The summed E-state index contributed by atoms with van der Waals surface area (Å²) in [5.74, 6) is -6.10. The molecule has 3 aromatic rings. The monoisotopic (exact) mass is 432 g/mol. The third-order valence-electron chi connectivity index (χ3n) is 3.93. The normalized spacial score (nSPS) is 15.4. The highest BCUT2D eigenvalue weighted by Gasteiger charge is 2.57. The van der Waals surface area contributed by atoms with Gasteiger partial charge in [-0.15, -0.1) is 0 Å². The third kappa shape index (κ3) is 3.46. The molecule has 0 saturated heterocycles. The molecular formula is C15H11F8N5O. The standard InChI is InChI=1S/C15H11F8N5O/c1-7-4-28-11(29)9(10(14(18,19)20)25-12(28)26(7)2)8-3-24-27(5-8)6-13(16,17)15(21,22)23/h3-5H,6H2,1-2H3/i2D3. The minimum absolute atomic E-state index is 0.0378. The second-order valence-electron chi connectivity index (χ2n) is 6.04. The maximum atomic E-state index is 13.7. The first-order valence-corrected chi connectivity index (χ1v) is 7.54. The van der Waals surface area contributed by atoms with Crippen LogP contribution in [0.5, 0.6) is 0 Å². The van der Waals surface area contributed by atoms with E-state index in [9.17, 15) is 39.9 Å². The summed E-state index contributed by atoms with van der Waals surface area (Å²) in [7, 11) is 0. The fourth-order valence-electron chi connectivity index (χ4n) is 2.54. The zero-order chi connectivity index (χ0) is 24.4. The molecule has 3 rings (SSSR count). The molecule has 14 heteroatoms. The highest BCUT2D eigenvalue weighted by atomic mass is 19.4. The number of halogens is 8. The summed E-state index contributed by atoms with van der Waals surface area (Å²) in [5.41, 5.74) is -5.34. The minimum Gasteiger partial charge on any atom is -0.317 e. The summed E-state index contributed by atoms with van der Waals surface area (Å²) in [6.45, 7) is -3.83. The molecule has 0 atom stereocenters. The lowest BCUT2D eigenvalue weighted by molar-refractivity contribution is -0.287. The van der Waals surface area contributed by atoms with Gasteiger partial charge in [0.25, 0.3) is 5.56 Å². The third-order valence-corrected chi connectivity index (χ3v) is 3.93. The molecule has 3 aromatic heterocycles. The van der Waals surface area contributed by atoms with Crippen molar-refractivity contribution < 1.29 is 39.2 Å². The molecule has 0 aliphatic heterocycles. The summed E-state index contributed by atoms with van der Waals surface area (Å²) < 4.78 is 128. The van der Waals surface area contributed by atoms with Crippen LogP contribution in [0.3, 0.4) is 0 Å². The molecule has 29 heavy (non-hydrogen) atoms. The van der Waals surface area contributed by atoms with E-state index in [1.807, 2.05) is 0 Å². The molecule has 0 fully saturated rings. The smallest absolute Gasteiger partial charge is 0.317 e. The Morgan fingerprint density at radius 1 is 1.10 bits per heavy atom. The molecule has 3 heterocycles. The van der Waals surface area contributed by atoms with Gasteiger partial charge in [0.2, 0.25) is 5.78 Å². The van der Waals surface area contributed by atoms with Gasteiger partial charge in [-0.1, -0.05) is 0 Å². The summed E-state index contributed by atoms with van der Waals surface area (Å²) in [4.78, 5) is 16.1. The molecule has 0 saturated carbocycles. The topological polar surface area (TPSA) is 57.1 Å². The molecular weight excluding hydrogens is 418 g/mol. The van der Waals surface area contributed by atoms with Crippen molar-refractivity contribution >= 4 is 5.78 Å². The largest absolute Gasteiger partial charge is 0.455 e. The van der Waals surface area contributed by atoms with Crippen LogP contribution in [-0.2, 0) is 19.7 Å². The predicted molar refractivity (Wildman–Crippen MR) is 82.4 cm³/mol. The van der Waals surface area contributed by atoms with E-state index in [0.29, 0.717) is 21.4 Å². The molecule has 6 nitrogen and oxygen atoms in total. The van der Waals surface area contributed by atoms with Crippen molar-refractivity contribution in [2.24, 2.45) is 6.98 Å². The van der Waals surface area contributed by atoms with Gasteiger partial charge in [-0.25, -0.2) is 4.98 Å². The van der Waals surface area contributed by atoms with Gasteiger partial charge >= 0.3 is 18.3 Å². The average molecular weight is 432 g/mol. The van der Waals surface area contributed by atoms with Gasteiger partial charge in [-0.3, -0.25) is 13.9 Å². The van der Waals surface area contributed by atoms with Gasteiger partial charge in [0.15, 0.2) is 5.69 Å². The Labute approximate surface area is 160 Å². The van der Waals surface area contributed by atoms with Crippen molar-refractivity contribution in [1.29, 1.82) is 0 Å². The molecule has 0 aromatic carbocycles. The van der Waals surface area contributed by atoms with Crippen LogP contribution in [0, 0.1) is 6.92 Å². The van der Waals surface area contributed by atoms with Gasteiger partial charge in [0.05, 0.1) is 11.8 Å². The molecule has 0 amide bonds. The van der Waals surface area contributed by atoms with Gasteiger partial charge in [0.1, 0.15) is 6.54 Å². The zero-order valence-electron chi connectivity index (χ0n) is 17.1. The van der Waals surface area contributed by atoms with Gasteiger partial charge in [-0.05, 0) is 6.92 Å². The Morgan fingerprint density at radius 2 is 1.76 bits per heavy atom. The molecule has 0 N–H and O–H groups in total. The van der Waals surface area contributed by atoms with Crippen LogP contribution in [0.25, 0.3) is 16.9 Å². The molecule has 0 unspecified atom stereocenters. The zero-order valence-corrected chi connectivity index (χ0v) is 14.1. The average Bonchev–Trinajstić information content (AvgIpc) is 3.15. The molecule has 0 radical (unpaired) electrons. The van der Waals surface area contributed by atoms with Crippen LogP contribution < -0.4 is 5.56 Å². The first kappa shape index (κ1) is 17.0. The number of alkyl halides is 8. The Morgan fingerprint density at radius 3 is 2.31 bits per heavy atom. The number of aryl methyl sites for hydroxylation is 2. The van der Waals surface area contributed by atoms with Crippen LogP contribution in [0.15, 0.2) is 23.4 Å². The van der Waals surface area contributed by atoms with Gasteiger partial charge in [-0.2, -0.15) is 40.2 Å². The number of rotatable bonds is 3. The van der Waals surface area contributed by atoms with E-state index in [4.69, 9.17) is 4.11 Å². The Bertz CT molecular complexity index is 1240. The first-order chi connectivity index (χ1) is 14.3. The summed E-state index contributed by atoms with van der Waals surface area (Å²) in [5, 5.41) is 3.20. The Kier molecular flexibility index (Phi) is 3.68. The van der Waals surface area contributed by atoms with Crippen molar-refractivity contribution in [3.05, 3.63) is 40.3 Å². The lowest BCUT2D eigenvalue weighted by atomic mass is 10.1. The van der Waals surface area contributed by atoms with E-state index < -0.39 is 60.0 Å². The molecule has 0 bridgehead atoms. The number of hydrogen-bond donors (Lipinski definition) is 0. The van der Waals surface area contributed by atoms with E-state index in [1.54, 1.807) is 0 Å². The maximum Gasteiger partial charge on any atom is 0.455 e. The number of fused-ring (bicyclic) bond motifs is 1. The second-order valence-corrected chi connectivity index (χ2v) is 6.04. The summed E-state index contributed by atoms with van der Waals surface area (Å²) >= 11 is 0. The van der Waals surface area contributed by atoms with Crippen molar-refractivity contribution in [1.82, 2.24) is 23.7 Å². The first-order valence-electron chi connectivity index (χ1n) is 9.04. The van der Waals surface area contributed by atoms with E-state index >= 15 is 0 Å². The van der Waals surface area contributed by atoms with Crippen molar-refractivity contribution in [3.8, 4) is 11.1 Å². The molecule has 0 spiro atoms. The quantitative estimate of drug-likeness (QED) is 0.596. The molecule has 158 valence electrons. The van der Waals surface area contributed by atoms with Crippen LogP contribution in [-0.4, -0.2) is 35.8 Å². The van der Waals surface area contributed by atoms with E-state index in [-0.39, 0.29) is 10.4 Å². The minimum atomic E-state index is -5.94. The number of imidazole rings is 1. The van der Waals surface area contributed by atoms with Crippen LogP contribution in [0.2, 0.25) is 0 Å². The van der Waals surface area contributed by atoms with Gasteiger partial charge in [0, 0.05) is 34.7 Å². The molecule has 0 aliphatic carbocycles. The Balaban J connectivity index is 2.25. The lowest BCUT2D eigenvalue weighted by Crippen LogP contribution is -2.40. The van der Waals surface area contributed by atoms with E-state index in [0.717, 1.165) is 6.20 Å². The Hall–Kier alpha value is -2.93. The van der Waals surface area contributed by atoms with Crippen LogP contribution in [0.1, 0.15) is 15.5 Å². The number of hydrogen-bond acceptors (Lipinski definition) is 3. The summed E-state index contributed by atoms with van der Waals surface area (Å²) in [6, 6.07) is 0. The van der Waals surface area contributed by atoms with E-state index in [2.05, 4.69) is 10.1 Å². The highest BCUT2D eigenvalue weighted by molar-refractivity contribution is 5.65. The van der Waals surface area contributed by atoms with Crippen molar-refractivity contribution in [2.75, 3.05) is 0 Å². The molecule has 0 aliphatic rings. The fraction of sp³-hybridized carbons (Fsp3) is 0.400. The summed E-state index contributed by atoms with van der Waals surface area (Å²) in [6.07, 6.45) is -9.43. The van der Waals surface area contributed by atoms with Crippen molar-refractivity contribution in [3.63, 3.8) is 0 Å². The fourth-order valence-corrected chi connectivity index (χ4v) is 2.54. The second kappa shape index (κ2) is 6.29.